The average molecular weight is 202 g/mol. The third-order valence-electron chi connectivity index (χ3n) is 2.66. The van der Waals surface area contributed by atoms with Gasteiger partial charge in [-0.2, -0.15) is 0 Å². The molecule has 0 aromatic carbocycles. The van der Waals surface area contributed by atoms with Gasteiger partial charge in [0.25, 0.3) is 0 Å². The smallest absolute Gasteiger partial charge is 0.183 e. The second-order valence-electron chi connectivity index (χ2n) is 4.13. The van der Waals surface area contributed by atoms with Crippen LogP contribution in [0.5, 0.6) is 0 Å². The fourth-order valence-corrected chi connectivity index (χ4v) is 2.24. The van der Waals surface area contributed by atoms with Crippen LogP contribution in [0.4, 0.5) is 0 Å². The summed E-state index contributed by atoms with van der Waals surface area (Å²) >= 11 is 0. The van der Waals surface area contributed by atoms with Crippen molar-refractivity contribution in [2.75, 3.05) is 33.0 Å². The highest BCUT2D eigenvalue weighted by Gasteiger charge is 2.24. The molecule has 0 atom stereocenters. The van der Waals surface area contributed by atoms with Gasteiger partial charge >= 0.3 is 0 Å². The standard InChI is InChI=1S/C12H28NO/c1-5-9-13(10-6-2,11-7-3)12-14-8-4/h5-12H2,1-4H3/q+1. The third-order valence-corrected chi connectivity index (χ3v) is 2.66. The minimum Gasteiger partial charge on any atom is -0.332 e. The van der Waals surface area contributed by atoms with Gasteiger partial charge in [-0.25, -0.2) is 0 Å². The molecule has 0 aromatic heterocycles. The van der Waals surface area contributed by atoms with Crippen molar-refractivity contribution in [2.45, 2.75) is 47.0 Å². The molecule has 0 aliphatic rings. The van der Waals surface area contributed by atoms with E-state index in [1.54, 1.807) is 0 Å². The van der Waals surface area contributed by atoms with Crippen LogP contribution in [0.1, 0.15) is 47.0 Å². The summed E-state index contributed by atoms with van der Waals surface area (Å²) in [6.45, 7) is 14.4. The van der Waals surface area contributed by atoms with E-state index in [1.165, 1.54) is 38.9 Å². The van der Waals surface area contributed by atoms with E-state index in [2.05, 4.69) is 27.7 Å². The minimum atomic E-state index is 0.844. The van der Waals surface area contributed by atoms with Crippen molar-refractivity contribution >= 4 is 0 Å². The monoisotopic (exact) mass is 202 g/mol. The summed E-state index contributed by atoms with van der Waals surface area (Å²) < 4.78 is 6.79. The number of quaternary nitrogens is 1. The summed E-state index contributed by atoms with van der Waals surface area (Å²) in [6.07, 6.45) is 3.77. The maximum atomic E-state index is 5.63. The Bertz CT molecular complexity index is 108. The lowest BCUT2D eigenvalue weighted by molar-refractivity contribution is -0.946. The van der Waals surface area contributed by atoms with Gasteiger partial charge < -0.3 is 9.22 Å². The predicted molar refractivity (Wildman–Crippen MR) is 62.2 cm³/mol. The van der Waals surface area contributed by atoms with Gasteiger partial charge in [0.2, 0.25) is 0 Å². The molecule has 0 N–H and O–H groups in total. The molecule has 0 amide bonds. The molecule has 0 fully saturated rings. The molecule has 0 spiro atoms. The Kier molecular flexibility index (Phi) is 8.20. The maximum Gasteiger partial charge on any atom is 0.183 e. The second kappa shape index (κ2) is 8.25. The molecular weight excluding hydrogens is 174 g/mol. The van der Waals surface area contributed by atoms with Crippen LogP contribution in [0.25, 0.3) is 0 Å². The summed E-state index contributed by atoms with van der Waals surface area (Å²) in [6, 6.07) is 0. The first-order valence-corrected chi connectivity index (χ1v) is 6.17. The number of hydrogen-bond acceptors (Lipinski definition) is 1. The molecule has 2 heteroatoms. The summed E-state index contributed by atoms with van der Waals surface area (Å²) in [7, 11) is 0. The first kappa shape index (κ1) is 13.9. The molecule has 0 aliphatic carbocycles. The van der Waals surface area contributed by atoms with Crippen LogP contribution < -0.4 is 0 Å². The largest absolute Gasteiger partial charge is 0.332 e. The molecular formula is C12H28NO+. The molecule has 0 rings (SSSR count). The zero-order chi connectivity index (χ0) is 10.9. The van der Waals surface area contributed by atoms with Crippen LogP contribution in [0, 0.1) is 0 Å². The van der Waals surface area contributed by atoms with Crippen LogP contribution in [0.2, 0.25) is 0 Å². The van der Waals surface area contributed by atoms with Gasteiger partial charge in [0.05, 0.1) is 19.6 Å². The van der Waals surface area contributed by atoms with Crippen molar-refractivity contribution in [3.63, 3.8) is 0 Å². The van der Waals surface area contributed by atoms with Gasteiger partial charge in [-0.05, 0) is 26.2 Å². The SMILES string of the molecule is CCC[N+](CCC)(CCC)COCC. The van der Waals surface area contributed by atoms with Gasteiger partial charge in [-0.15, -0.1) is 0 Å². The van der Waals surface area contributed by atoms with E-state index in [9.17, 15) is 0 Å². The Morgan fingerprint density at radius 1 is 0.786 bits per heavy atom. The van der Waals surface area contributed by atoms with Gasteiger partial charge in [-0.1, -0.05) is 20.8 Å². The predicted octanol–water partition coefficient (Wildman–Crippen LogP) is 3.03. The number of hydrogen-bond donors (Lipinski definition) is 0. The van der Waals surface area contributed by atoms with E-state index in [0.29, 0.717) is 0 Å². The van der Waals surface area contributed by atoms with Crippen molar-refractivity contribution in [1.82, 2.24) is 0 Å². The molecule has 86 valence electrons. The molecule has 2 nitrogen and oxygen atoms in total. The molecule has 0 radical (unpaired) electrons. The zero-order valence-electron chi connectivity index (χ0n) is 10.5. The average Bonchev–Trinajstić information content (AvgIpc) is 2.16. The first-order valence-electron chi connectivity index (χ1n) is 6.17. The molecule has 0 saturated heterocycles. The summed E-state index contributed by atoms with van der Waals surface area (Å²) in [5.74, 6) is 0. The lowest BCUT2D eigenvalue weighted by Crippen LogP contribution is -2.51. The normalized spacial score (nSPS) is 12.0. The van der Waals surface area contributed by atoms with Gasteiger partial charge in [0, 0.05) is 6.61 Å². The maximum absolute atomic E-state index is 5.63. The Balaban J connectivity index is 4.21. The van der Waals surface area contributed by atoms with Crippen molar-refractivity contribution in [2.24, 2.45) is 0 Å². The van der Waals surface area contributed by atoms with Crippen molar-refractivity contribution < 1.29 is 9.22 Å². The fraction of sp³-hybridized carbons (Fsp3) is 1.00. The quantitative estimate of drug-likeness (QED) is 0.412. The summed E-state index contributed by atoms with van der Waals surface area (Å²) in [5, 5.41) is 0. The topological polar surface area (TPSA) is 9.23 Å². The van der Waals surface area contributed by atoms with Crippen LogP contribution in [-0.2, 0) is 4.74 Å². The van der Waals surface area contributed by atoms with E-state index >= 15 is 0 Å². The van der Waals surface area contributed by atoms with Gasteiger partial charge in [0.1, 0.15) is 0 Å². The Morgan fingerprint density at radius 3 is 1.50 bits per heavy atom. The highest BCUT2D eigenvalue weighted by Crippen LogP contribution is 2.11. The lowest BCUT2D eigenvalue weighted by Gasteiger charge is -2.37. The molecule has 14 heavy (non-hydrogen) atoms. The molecule has 0 aromatic rings. The van der Waals surface area contributed by atoms with Crippen LogP contribution in [-0.4, -0.2) is 37.5 Å². The number of nitrogens with zero attached hydrogens (tertiary/aromatic N) is 1. The Labute approximate surface area is 89.8 Å². The summed E-state index contributed by atoms with van der Waals surface area (Å²) in [4.78, 5) is 0. The highest BCUT2D eigenvalue weighted by molar-refractivity contribution is 4.40. The molecule has 0 aliphatic heterocycles. The van der Waals surface area contributed by atoms with Crippen molar-refractivity contribution in [1.29, 1.82) is 0 Å². The third kappa shape index (κ3) is 4.97. The second-order valence-corrected chi connectivity index (χ2v) is 4.13. The van der Waals surface area contributed by atoms with Crippen molar-refractivity contribution in [3.8, 4) is 0 Å². The Hall–Kier alpha value is -0.0800. The fourth-order valence-electron chi connectivity index (χ4n) is 2.24. The molecule has 0 saturated carbocycles. The molecule has 0 bridgehead atoms. The Morgan fingerprint density at radius 2 is 1.21 bits per heavy atom. The van der Waals surface area contributed by atoms with Crippen LogP contribution >= 0.6 is 0 Å². The van der Waals surface area contributed by atoms with E-state index < -0.39 is 0 Å². The van der Waals surface area contributed by atoms with Crippen LogP contribution in [0.15, 0.2) is 0 Å². The number of rotatable bonds is 9. The van der Waals surface area contributed by atoms with E-state index in [0.717, 1.165) is 17.8 Å². The van der Waals surface area contributed by atoms with E-state index in [-0.39, 0.29) is 0 Å². The zero-order valence-corrected chi connectivity index (χ0v) is 10.5. The van der Waals surface area contributed by atoms with E-state index in [1.807, 2.05) is 0 Å². The molecule has 0 unspecified atom stereocenters. The number of ether oxygens (including phenoxy) is 1. The first-order chi connectivity index (χ1) is 6.74. The van der Waals surface area contributed by atoms with Gasteiger partial charge in [0.15, 0.2) is 6.73 Å². The van der Waals surface area contributed by atoms with Gasteiger partial charge in [-0.3, -0.25) is 0 Å². The highest BCUT2D eigenvalue weighted by atomic mass is 16.5. The molecule has 0 heterocycles. The van der Waals surface area contributed by atoms with E-state index in [4.69, 9.17) is 4.74 Å². The van der Waals surface area contributed by atoms with Crippen molar-refractivity contribution in [3.05, 3.63) is 0 Å². The lowest BCUT2D eigenvalue weighted by atomic mass is 10.2. The minimum absolute atomic E-state index is 0.844. The summed E-state index contributed by atoms with van der Waals surface area (Å²) in [5.41, 5.74) is 0. The van der Waals surface area contributed by atoms with Crippen LogP contribution in [0.3, 0.4) is 0 Å².